The molecule has 0 aliphatic carbocycles. The van der Waals surface area contributed by atoms with Crippen molar-refractivity contribution in [1.82, 2.24) is 10.3 Å². The van der Waals surface area contributed by atoms with Gasteiger partial charge in [0.15, 0.2) is 0 Å². The first-order valence-electron chi connectivity index (χ1n) is 12.8. The van der Waals surface area contributed by atoms with E-state index in [2.05, 4.69) is 15.6 Å². The number of primary amides is 1. The molecule has 0 saturated heterocycles. The Hall–Kier alpha value is -4.99. The van der Waals surface area contributed by atoms with Crippen molar-refractivity contribution >= 4 is 23.4 Å². The van der Waals surface area contributed by atoms with Crippen molar-refractivity contribution < 1.29 is 27.6 Å². The van der Waals surface area contributed by atoms with Crippen molar-refractivity contribution in [2.24, 2.45) is 5.73 Å². The lowest BCUT2D eigenvalue weighted by Gasteiger charge is -2.22. The van der Waals surface area contributed by atoms with E-state index in [-0.39, 0.29) is 29.9 Å². The number of anilines is 1. The molecule has 4 aromatic rings. The van der Waals surface area contributed by atoms with E-state index in [0.29, 0.717) is 28.1 Å². The van der Waals surface area contributed by atoms with Gasteiger partial charge < -0.3 is 16.4 Å². The van der Waals surface area contributed by atoms with Gasteiger partial charge in [0.1, 0.15) is 17.5 Å². The topological polar surface area (TPSA) is 114 Å². The number of carbonyl (C=O) groups excluding carboxylic acids is 3. The highest BCUT2D eigenvalue weighted by Gasteiger charge is 2.33. The number of amides is 3. The second kappa shape index (κ2) is 11.2. The van der Waals surface area contributed by atoms with Gasteiger partial charge in [0.25, 0.3) is 5.91 Å². The van der Waals surface area contributed by atoms with Crippen molar-refractivity contribution in [2.75, 3.05) is 5.32 Å². The van der Waals surface area contributed by atoms with Crippen LogP contribution in [-0.4, -0.2) is 22.7 Å². The second-order valence-electron chi connectivity index (χ2n) is 9.93. The molecule has 0 saturated carbocycles. The molecule has 1 aliphatic heterocycles. The third-order valence-corrected chi connectivity index (χ3v) is 6.96. The van der Waals surface area contributed by atoms with Gasteiger partial charge in [-0.15, -0.1) is 0 Å². The smallest absolute Gasteiger partial charge is 0.251 e. The van der Waals surface area contributed by atoms with Gasteiger partial charge in [-0.05, 0) is 66.4 Å². The zero-order valence-corrected chi connectivity index (χ0v) is 21.9. The number of hydrogen-bond acceptors (Lipinski definition) is 4. The number of benzene rings is 3. The van der Waals surface area contributed by atoms with Gasteiger partial charge in [0.2, 0.25) is 11.8 Å². The minimum Gasteiger partial charge on any atom is -0.366 e. The van der Waals surface area contributed by atoms with E-state index in [4.69, 9.17) is 5.73 Å². The molecule has 2 heterocycles. The number of aromatic nitrogens is 1. The highest BCUT2D eigenvalue weighted by Crippen LogP contribution is 2.36. The first-order chi connectivity index (χ1) is 19.6. The summed E-state index contributed by atoms with van der Waals surface area (Å²) in [5.74, 6) is -4.85. The summed E-state index contributed by atoms with van der Waals surface area (Å²) >= 11 is 0. The van der Waals surface area contributed by atoms with Crippen molar-refractivity contribution in [3.05, 3.63) is 118 Å². The number of aryl methyl sites for hydroxylation is 1. The number of nitrogens with one attached hydrogen (secondary N) is 2. The number of nitrogens with zero attached hydrogens (tertiary/aromatic N) is 1. The van der Waals surface area contributed by atoms with Gasteiger partial charge in [-0.2, -0.15) is 0 Å². The molecule has 3 amide bonds. The molecule has 10 heteroatoms. The minimum atomic E-state index is -0.958. The molecule has 0 bridgehead atoms. The molecule has 1 aromatic heterocycles. The number of hydrogen-bond donors (Lipinski definition) is 3. The van der Waals surface area contributed by atoms with Crippen molar-refractivity contribution in [2.45, 2.75) is 31.7 Å². The van der Waals surface area contributed by atoms with Gasteiger partial charge >= 0.3 is 0 Å². The first-order valence-corrected chi connectivity index (χ1v) is 12.8. The number of pyridine rings is 1. The molecular weight excluding hydrogens is 533 g/mol. The number of halogens is 3. The zero-order chi connectivity index (χ0) is 29.3. The molecule has 2 atom stereocenters. The summed E-state index contributed by atoms with van der Waals surface area (Å²) in [6, 6.07) is 14.7. The predicted octanol–water partition coefficient (Wildman–Crippen LogP) is 5.10. The summed E-state index contributed by atoms with van der Waals surface area (Å²) in [4.78, 5) is 42.3. The van der Waals surface area contributed by atoms with Crippen LogP contribution in [0.2, 0.25) is 0 Å². The average molecular weight is 559 g/mol. The third kappa shape index (κ3) is 5.96. The highest BCUT2D eigenvalue weighted by atomic mass is 19.1. The van der Waals surface area contributed by atoms with Crippen LogP contribution in [0.3, 0.4) is 0 Å². The Bertz CT molecular complexity index is 1670. The van der Waals surface area contributed by atoms with E-state index in [1.54, 1.807) is 18.2 Å². The molecule has 4 N–H and O–H groups in total. The Morgan fingerprint density at radius 3 is 2.51 bits per heavy atom. The fraction of sp³-hybridized carbons (Fsp3) is 0.161. The van der Waals surface area contributed by atoms with E-state index in [1.807, 2.05) is 19.1 Å². The van der Waals surface area contributed by atoms with Gasteiger partial charge in [-0.3, -0.25) is 19.4 Å². The maximum absolute atomic E-state index is 14.2. The summed E-state index contributed by atoms with van der Waals surface area (Å²) in [5.41, 5.74) is 8.68. The molecule has 5 rings (SSSR count). The van der Waals surface area contributed by atoms with E-state index in [0.717, 1.165) is 29.8 Å². The summed E-state index contributed by atoms with van der Waals surface area (Å²) in [5, 5.41) is 5.66. The van der Waals surface area contributed by atoms with Crippen LogP contribution in [0.15, 0.2) is 72.9 Å². The molecule has 1 unspecified atom stereocenters. The van der Waals surface area contributed by atoms with Crippen LogP contribution >= 0.6 is 0 Å². The Kier molecular flexibility index (Phi) is 7.56. The van der Waals surface area contributed by atoms with E-state index >= 15 is 0 Å². The highest BCUT2D eigenvalue weighted by molar-refractivity contribution is 6.05. The summed E-state index contributed by atoms with van der Waals surface area (Å²) in [7, 11) is 0. The summed E-state index contributed by atoms with van der Waals surface area (Å²) in [6.07, 6.45) is 1.24. The fourth-order valence-electron chi connectivity index (χ4n) is 5.09. The van der Waals surface area contributed by atoms with Crippen molar-refractivity contribution in [3.63, 3.8) is 0 Å². The number of nitrogens with two attached hydrogens (primary N) is 1. The molecule has 208 valence electrons. The minimum absolute atomic E-state index is 0.0547. The number of fused-ring (bicyclic) bond motifs is 1. The first kappa shape index (κ1) is 27.6. The Morgan fingerprint density at radius 2 is 1.78 bits per heavy atom. The maximum Gasteiger partial charge on any atom is 0.251 e. The van der Waals surface area contributed by atoms with Crippen LogP contribution in [0.1, 0.15) is 51.1 Å². The third-order valence-electron chi connectivity index (χ3n) is 6.96. The fourth-order valence-corrected chi connectivity index (χ4v) is 5.09. The van der Waals surface area contributed by atoms with E-state index in [9.17, 15) is 27.6 Å². The van der Waals surface area contributed by atoms with E-state index < -0.39 is 41.2 Å². The van der Waals surface area contributed by atoms with Crippen LogP contribution in [0.5, 0.6) is 0 Å². The molecule has 0 spiro atoms. The van der Waals surface area contributed by atoms with Gasteiger partial charge in [-0.25, -0.2) is 13.2 Å². The van der Waals surface area contributed by atoms with Crippen LogP contribution in [0, 0.1) is 24.4 Å². The Balaban J connectivity index is 1.51. The second-order valence-corrected chi connectivity index (χ2v) is 9.93. The normalized spacial score (nSPS) is 14.7. The Morgan fingerprint density at radius 1 is 1.02 bits per heavy atom. The molecule has 7 nitrogen and oxygen atoms in total. The lowest BCUT2D eigenvalue weighted by atomic mass is 9.93. The van der Waals surface area contributed by atoms with Crippen molar-refractivity contribution in [3.8, 4) is 11.1 Å². The van der Waals surface area contributed by atoms with Gasteiger partial charge in [0, 0.05) is 29.9 Å². The standard InChI is InChI=1S/C31H25F3N4O3/c1-16-4-7-26-22(9-16)23(31(41)38-26)15-28(39)37-27(12-17-10-19(32)14-20(33)11-17)29-21(3-2-8-36-29)18-5-6-25(34)24(13-18)30(35)40/h2-11,13-14,23,27H,12,15H2,1H3,(H2,35,40)(H,37,39)(H,38,41)/t23?,27-/m0/s1. The van der Waals surface area contributed by atoms with Crippen LogP contribution in [0.25, 0.3) is 11.1 Å². The average Bonchev–Trinajstić information content (AvgIpc) is 3.21. The van der Waals surface area contributed by atoms with Gasteiger partial charge in [-0.1, -0.05) is 29.8 Å². The molecule has 41 heavy (non-hydrogen) atoms. The SMILES string of the molecule is Cc1ccc2c(c1)C(CC(=O)N[C@@H](Cc1cc(F)cc(F)c1)c1ncccc1-c1ccc(F)c(C(N)=O)c1)C(=O)N2. The monoisotopic (exact) mass is 558 g/mol. The molecule has 0 radical (unpaired) electrons. The molecule has 1 aliphatic rings. The molecule has 0 fully saturated rings. The lowest BCUT2D eigenvalue weighted by molar-refractivity contribution is -0.125. The molecule has 3 aromatic carbocycles. The quantitative estimate of drug-likeness (QED) is 0.279. The van der Waals surface area contributed by atoms with Crippen molar-refractivity contribution in [1.29, 1.82) is 0 Å². The maximum atomic E-state index is 14.2. The number of carbonyl (C=O) groups is 3. The summed E-state index contributed by atoms with van der Waals surface area (Å²) < 4.78 is 42.3. The van der Waals surface area contributed by atoms with Crippen LogP contribution in [0.4, 0.5) is 18.9 Å². The van der Waals surface area contributed by atoms with Crippen LogP contribution < -0.4 is 16.4 Å². The van der Waals surface area contributed by atoms with Gasteiger partial charge in [0.05, 0.1) is 23.2 Å². The predicted molar refractivity (Wildman–Crippen MR) is 146 cm³/mol. The van der Waals surface area contributed by atoms with E-state index in [1.165, 1.54) is 18.3 Å². The zero-order valence-electron chi connectivity index (χ0n) is 21.9. The largest absolute Gasteiger partial charge is 0.366 e. The lowest BCUT2D eigenvalue weighted by Crippen LogP contribution is -2.33. The van der Waals surface area contributed by atoms with Crippen LogP contribution in [-0.2, 0) is 16.0 Å². The number of rotatable bonds is 8. The summed E-state index contributed by atoms with van der Waals surface area (Å²) in [6.45, 7) is 1.88. The Labute approximate surface area is 233 Å². The molecular formula is C31H25F3N4O3.